The molecule has 0 saturated carbocycles. The predicted molar refractivity (Wildman–Crippen MR) is 81.2 cm³/mol. The molecule has 3 N–H and O–H groups in total. The van der Waals surface area contributed by atoms with Crippen molar-refractivity contribution in [1.29, 1.82) is 0 Å². The number of carbonyl (C=O) groups is 1. The van der Waals surface area contributed by atoms with Crippen LogP contribution >= 0.6 is 0 Å². The number of hydrogen-bond donors (Lipinski definition) is 2. The lowest BCUT2D eigenvalue weighted by molar-refractivity contribution is -0.120. The molecule has 3 heteroatoms. The van der Waals surface area contributed by atoms with Gasteiger partial charge in [0, 0.05) is 13.1 Å². The van der Waals surface area contributed by atoms with Crippen molar-refractivity contribution >= 4 is 5.91 Å². The maximum absolute atomic E-state index is 11.9. The Bertz CT molecular complexity index is 552. The number of carbonyl (C=O) groups excluding carboxylic acids is 1. The van der Waals surface area contributed by atoms with E-state index < -0.39 is 0 Å². The molecule has 2 aromatic rings. The third-order valence-electron chi connectivity index (χ3n) is 3.27. The van der Waals surface area contributed by atoms with Crippen LogP contribution in [0.4, 0.5) is 0 Å². The van der Waals surface area contributed by atoms with Crippen molar-refractivity contribution in [2.45, 2.75) is 19.4 Å². The highest BCUT2D eigenvalue weighted by Gasteiger charge is 2.06. The second-order valence-electron chi connectivity index (χ2n) is 4.74. The average Bonchev–Trinajstić information content (AvgIpc) is 2.49. The molecule has 0 aliphatic heterocycles. The molecule has 0 atom stereocenters. The van der Waals surface area contributed by atoms with Gasteiger partial charge in [0.1, 0.15) is 0 Å². The normalized spacial score (nSPS) is 10.2. The fourth-order valence-electron chi connectivity index (χ4n) is 2.16. The monoisotopic (exact) mass is 268 g/mol. The van der Waals surface area contributed by atoms with E-state index in [1.807, 2.05) is 42.5 Å². The van der Waals surface area contributed by atoms with Crippen molar-refractivity contribution in [3.8, 4) is 0 Å². The molecule has 2 aromatic carbocycles. The van der Waals surface area contributed by atoms with E-state index in [0.29, 0.717) is 19.5 Å². The summed E-state index contributed by atoms with van der Waals surface area (Å²) < 4.78 is 0. The lowest BCUT2D eigenvalue weighted by Crippen LogP contribution is -2.27. The lowest BCUT2D eigenvalue weighted by Gasteiger charge is -2.08. The molecule has 20 heavy (non-hydrogen) atoms. The maximum Gasteiger partial charge on any atom is 0.224 e. The highest BCUT2D eigenvalue weighted by Crippen LogP contribution is 2.08. The van der Waals surface area contributed by atoms with Gasteiger partial charge < -0.3 is 11.1 Å². The first-order valence-corrected chi connectivity index (χ1v) is 6.87. The summed E-state index contributed by atoms with van der Waals surface area (Å²) in [4.78, 5) is 11.9. The van der Waals surface area contributed by atoms with Crippen LogP contribution in [-0.4, -0.2) is 12.5 Å². The van der Waals surface area contributed by atoms with E-state index in [-0.39, 0.29) is 5.91 Å². The van der Waals surface area contributed by atoms with Gasteiger partial charge in [-0.05, 0) is 23.1 Å². The summed E-state index contributed by atoms with van der Waals surface area (Å²) in [5.41, 5.74) is 8.94. The Kier molecular flexibility index (Phi) is 5.33. The van der Waals surface area contributed by atoms with Crippen LogP contribution in [0.5, 0.6) is 0 Å². The summed E-state index contributed by atoms with van der Waals surface area (Å²) in [5.74, 6) is 0.0434. The molecular weight excluding hydrogens is 248 g/mol. The zero-order valence-corrected chi connectivity index (χ0v) is 11.5. The first kappa shape index (κ1) is 14.3. The number of rotatable bonds is 6. The summed E-state index contributed by atoms with van der Waals surface area (Å²) in [5, 5.41) is 2.95. The second kappa shape index (κ2) is 7.46. The average molecular weight is 268 g/mol. The third-order valence-corrected chi connectivity index (χ3v) is 3.27. The van der Waals surface area contributed by atoms with Gasteiger partial charge in [-0.3, -0.25) is 4.79 Å². The van der Waals surface area contributed by atoms with Gasteiger partial charge >= 0.3 is 0 Å². The molecule has 2 rings (SSSR count). The van der Waals surface area contributed by atoms with Crippen molar-refractivity contribution in [2.75, 3.05) is 6.54 Å². The summed E-state index contributed by atoms with van der Waals surface area (Å²) in [7, 11) is 0. The summed E-state index contributed by atoms with van der Waals surface area (Å²) in [6.07, 6.45) is 1.24. The molecule has 0 heterocycles. The van der Waals surface area contributed by atoms with Crippen molar-refractivity contribution in [3.05, 3.63) is 71.3 Å². The largest absolute Gasteiger partial charge is 0.355 e. The van der Waals surface area contributed by atoms with Crippen LogP contribution in [0.1, 0.15) is 16.7 Å². The Balaban J connectivity index is 1.81. The fraction of sp³-hybridized carbons (Fsp3) is 0.235. The fourth-order valence-corrected chi connectivity index (χ4v) is 2.16. The van der Waals surface area contributed by atoms with E-state index in [0.717, 1.165) is 17.5 Å². The van der Waals surface area contributed by atoms with Crippen molar-refractivity contribution < 1.29 is 4.79 Å². The molecule has 0 aromatic heterocycles. The van der Waals surface area contributed by atoms with Gasteiger partial charge in [-0.25, -0.2) is 0 Å². The van der Waals surface area contributed by atoms with Gasteiger partial charge in [0.15, 0.2) is 0 Å². The SMILES string of the molecule is NCc1ccccc1CC(=O)NCCc1ccccc1. The summed E-state index contributed by atoms with van der Waals surface area (Å²) >= 11 is 0. The minimum atomic E-state index is 0.0434. The molecule has 0 aliphatic carbocycles. The number of amides is 1. The molecule has 0 fully saturated rings. The minimum absolute atomic E-state index is 0.0434. The predicted octanol–water partition coefficient (Wildman–Crippen LogP) is 2.05. The Labute approximate surface area is 119 Å². The van der Waals surface area contributed by atoms with Crippen LogP contribution in [0.2, 0.25) is 0 Å². The zero-order valence-electron chi connectivity index (χ0n) is 11.5. The van der Waals surface area contributed by atoms with Crippen LogP contribution in [0, 0.1) is 0 Å². The molecule has 1 amide bonds. The number of benzene rings is 2. The van der Waals surface area contributed by atoms with Crippen molar-refractivity contribution in [1.82, 2.24) is 5.32 Å². The van der Waals surface area contributed by atoms with Crippen LogP contribution in [0.25, 0.3) is 0 Å². The van der Waals surface area contributed by atoms with Gasteiger partial charge in [0.25, 0.3) is 0 Å². The second-order valence-corrected chi connectivity index (χ2v) is 4.74. The van der Waals surface area contributed by atoms with Gasteiger partial charge in [-0.15, -0.1) is 0 Å². The summed E-state index contributed by atoms with van der Waals surface area (Å²) in [6.45, 7) is 1.13. The smallest absolute Gasteiger partial charge is 0.224 e. The number of nitrogens with one attached hydrogen (secondary N) is 1. The Morgan fingerprint density at radius 3 is 2.30 bits per heavy atom. The third kappa shape index (κ3) is 4.21. The Morgan fingerprint density at radius 1 is 0.950 bits per heavy atom. The number of nitrogens with two attached hydrogens (primary N) is 1. The van der Waals surface area contributed by atoms with E-state index >= 15 is 0 Å². The molecular formula is C17H20N2O. The minimum Gasteiger partial charge on any atom is -0.355 e. The van der Waals surface area contributed by atoms with Gasteiger partial charge in [-0.2, -0.15) is 0 Å². The lowest BCUT2D eigenvalue weighted by atomic mass is 10.0. The van der Waals surface area contributed by atoms with Gasteiger partial charge in [0.2, 0.25) is 5.91 Å². The first-order valence-electron chi connectivity index (χ1n) is 6.87. The van der Waals surface area contributed by atoms with Crippen molar-refractivity contribution in [3.63, 3.8) is 0 Å². The standard InChI is InChI=1S/C17H20N2O/c18-13-16-9-5-4-8-15(16)12-17(20)19-11-10-14-6-2-1-3-7-14/h1-9H,10-13,18H2,(H,19,20). The van der Waals surface area contributed by atoms with E-state index in [1.54, 1.807) is 0 Å². The molecule has 0 saturated heterocycles. The molecule has 0 aliphatic rings. The first-order chi connectivity index (χ1) is 9.79. The zero-order chi connectivity index (χ0) is 14.2. The van der Waals surface area contributed by atoms with Crippen LogP contribution in [0.3, 0.4) is 0 Å². The quantitative estimate of drug-likeness (QED) is 0.842. The molecule has 0 radical (unpaired) electrons. The molecule has 104 valence electrons. The van der Waals surface area contributed by atoms with E-state index in [4.69, 9.17) is 5.73 Å². The van der Waals surface area contributed by atoms with E-state index in [1.165, 1.54) is 5.56 Å². The summed E-state index contributed by atoms with van der Waals surface area (Å²) in [6, 6.07) is 17.9. The molecule has 0 unspecified atom stereocenters. The van der Waals surface area contributed by atoms with Gasteiger partial charge in [0.05, 0.1) is 6.42 Å². The van der Waals surface area contributed by atoms with E-state index in [2.05, 4.69) is 17.4 Å². The van der Waals surface area contributed by atoms with Crippen LogP contribution in [-0.2, 0) is 24.2 Å². The Hall–Kier alpha value is -2.13. The highest BCUT2D eigenvalue weighted by molar-refractivity contribution is 5.78. The topological polar surface area (TPSA) is 55.1 Å². The van der Waals surface area contributed by atoms with Crippen molar-refractivity contribution in [2.24, 2.45) is 5.73 Å². The number of hydrogen-bond acceptors (Lipinski definition) is 2. The van der Waals surface area contributed by atoms with E-state index in [9.17, 15) is 4.79 Å². The van der Waals surface area contributed by atoms with Crippen LogP contribution in [0.15, 0.2) is 54.6 Å². The maximum atomic E-state index is 11.9. The highest BCUT2D eigenvalue weighted by atomic mass is 16.1. The van der Waals surface area contributed by atoms with Crippen LogP contribution < -0.4 is 11.1 Å². The van der Waals surface area contributed by atoms with Gasteiger partial charge in [-0.1, -0.05) is 54.6 Å². The molecule has 0 spiro atoms. The Morgan fingerprint density at radius 2 is 1.60 bits per heavy atom. The molecule has 3 nitrogen and oxygen atoms in total. The molecule has 0 bridgehead atoms.